The molecule has 0 N–H and O–H groups in total. The van der Waals surface area contributed by atoms with Crippen LogP contribution in [0.5, 0.6) is 0 Å². The molecule has 0 spiro atoms. The Balaban J connectivity index is 4.00. The lowest BCUT2D eigenvalue weighted by atomic mass is 10.0. The molecule has 30 heavy (non-hydrogen) atoms. The summed E-state index contributed by atoms with van der Waals surface area (Å²) in [5.74, 6) is -1.14. The van der Waals surface area contributed by atoms with Gasteiger partial charge in [0.1, 0.15) is 6.54 Å². The van der Waals surface area contributed by atoms with E-state index in [0.717, 1.165) is 25.9 Å². The molecule has 0 saturated heterocycles. The Morgan fingerprint density at radius 1 is 0.800 bits per heavy atom. The lowest BCUT2D eigenvalue weighted by molar-refractivity contribution is -0.893. The third-order valence-electron chi connectivity index (χ3n) is 5.81. The largest absolute Gasteiger partial charge is 0.550 e. The summed E-state index contributed by atoms with van der Waals surface area (Å²) < 4.78 is 6.34. The van der Waals surface area contributed by atoms with Crippen LogP contribution in [0.15, 0.2) is 0 Å². The highest BCUT2D eigenvalue weighted by atomic mass is 16.5. The number of likely N-dealkylation sites (N-methyl/N-ethyl adjacent to an activating group) is 1. The molecular formula is C25H49NO4. The third-order valence-corrected chi connectivity index (χ3v) is 5.81. The molecule has 178 valence electrons. The molecule has 0 heterocycles. The fourth-order valence-corrected chi connectivity index (χ4v) is 3.96. The molecular weight excluding hydrogens is 378 g/mol. The minimum Gasteiger partial charge on any atom is -0.550 e. The number of hydrogen-bond donors (Lipinski definition) is 0. The molecule has 0 aromatic heterocycles. The van der Waals surface area contributed by atoms with Crippen molar-refractivity contribution in [3.8, 4) is 0 Å². The number of hydrogen-bond acceptors (Lipinski definition) is 4. The highest BCUT2D eigenvalue weighted by Crippen LogP contribution is 2.16. The minimum absolute atomic E-state index is 0.0832. The van der Waals surface area contributed by atoms with Gasteiger partial charge in [0.05, 0.1) is 20.6 Å². The van der Waals surface area contributed by atoms with E-state index in [9.17, 15) is 14.7 Å². The number of carboxylic acid groups (broad SMARTS) is 1. The van der Waals surface area contributed by atoms with Gasteiger partial charge in [0, 0.05) is 18.8 Å². The average molecular weight is 428 g/mol. The van der Waals surface area contributed by atoms with Gasteiger partial charge in [-0.15, -0.1) is 0 Å². The normalized spacial score (nSPS) is 12.7. The van der Waals surface area contributed by atoms with Crippen LogP contribution in [0.4, 0.5) is 0 Å². The zero-order valence-electron chi connectivity index (χ0n) is 20.4. The zero-order chi connectivity index (χ0) is 22.7. The van der Waals surface area contributed by atoms with Gasteiger partial charge in [-0.3, -0.25) is 4.79 Å². The van der Waals surface area contributed by atoms with E-state index in [0.29, 0.717) is 17.3 Å². The lowest BCUT2D eigenvalue weighted by Gasteiger charge is -2.33. The van der Waals surface area contributed by atoms with Crippen LogP contribution < -0.4 is 5.11 Å². The smallest absolute Gasteiger partial charge is 0.305 e. The minimum atomic E-state index is -1.000. The van der Waals surface area contributed by atoms with Crippen molar-refractivity contribution >= 4 is 11.9 Å². The Kier molecular flexibility index (Phi) is 18.0. The van der Waals surface area contributed by atoms with Crippen LogP contribution in [0.2, 0.25) is 0 Å². The second kappa shape index (κ2) is 18.7. The summed E-state index contributed by atoms with van der Waals surface area (Å²) in [4.78, 5) is 22.5. The van der Waals surface area contributed by atoms with Crippen LogP contribution in [0.3, 0.4) is 0 Å². The number of nitrogens with zero attached hydrogens (tertiary/aromatic N) is 1. The molecule has 0 aliphatic carbocycles. The van der Waals surface area contributed by atoms with Gasteiger partial charge in [-0.1, -0.05) is 84.5 Å². The average Bonchev–Trinajstić information content (AvgIpc) is 2.67. The van der Waals surface area contributed by atoms with E-state index in [1.54, 1.807) is 0 Å². The van der Waals surface area contributed by atoms with Crippen LogP contribution in [-0.4, -0.2) is 49.7 Å². The zero-order valence-corrected chi connectivity index (χ0v) is 20.4. The van der Waals surface area contributed by atoms with Crippen molar-refractivity contribution in [1.82, 2.24) is 0 Å². The van der Waals surface area contributed by atoms with Gasteiger partial charge in [0.15, 0.2) is 6.10 Å². The molecule has 0 fully saturated rings. The van der Waals surface area contributed by atoms with Crippen LogP contribution in [0, 0.1) is 0 Å². The molecule has 0 bridgehead atoms. The van der Waals surface area contributed by atoms with E-state index < -0.39 is 5.97 Å². The number of carbonyl (C=O) groups is 2. The van der Waals surface area contributed by atoms with Gasteiger partial charge in [-0.05, 0) is 19.3 Å². The summed E-state index contributed by atoms with van der Waals surface area (Å²) in [6.07, 6.45) is 17.7. The molecule has 0 saturated carbocycles. The number of carboxylic acids is 1. The van der Waals surface area contributed by atoms with Gasteiger partial charge < -0.3 is 19.1 Å². The highest BCUT2D eigenvalue weighted by Gasteiger charge is 2.24. The van der Waals surface area contributed by atoms with E-state index in [2.05, 4.69) is 21.0 Å². The molecule has 0 amide bonds. The fourth-order valence-electron chi connectivity index (χ4n) is 3.96. The first-order valence-corrected chi connectivity index (χ1v) is 12.5. The number of quaternary nitrogens is 1. The number of unbranched alkanes of at least 4 members (excludes halogenated alkanes) is 11. The Morgan fingerprint density at radius 3 is 1.77 bits per heavy atom. The Bertz CT molecular complexity index is 437. The van der Waals surface area contributed by atoms with Gasteiger partial charge in [-0.25, -0.2) is 0 Å². The first kappa shape index (κ1) is 28.9. The van der Waals surface area contributed by atoms with Gasteiger partial charge >= 0.3 is 5.97 Å². The summed E-state index contributed by atoms with van der Waals surface area (Å²) in [5, 5.41) is 10.6. The number of esters is 1. The van der Waals surface area contributed by atoms with E-state index in [1.807, 2.05) is 6.92 Å². The van der Waals surface area contributed by atoms with Crippen LogP contribution in [-0.2, 0) is 14.3 Å². The summed E-state index contributed by atoms with van der Waals surface area (Å²) in [6, 6.07) is 0. The topological polar surface area (TPSA) is 66.4 Å². The standard InChI is InChI=1S/C25H49NO4/c1-5-7-8-9-10-11-12-13-14-15-16-17-19-23(30-25(29)6-2)22-26(3,4)21-18-20-24(27)28/h23H,5-22H2,1-4H3. The van der Waals surface area contributed by atoms with Crippen molar-refractivity contribution in [1.29, 1.82) is 0 Å². The first-order chi connectivity index (χ1) is 14.3. The van der Waals surface area contributed by atoms with Crippen LogP contribution >= 0.6 is 0 Å². The molecule has 0 aromatic rings. The van der Waals surface area contributed by atoms with Gasteiger partial charge in [0.2, 0.25) is 0 Å². The number of ether oxygens (including phenoxy) is 1. The van der Waals surface area contributed by atoms with E-state index in [-0.39, 0.29) is 18.5 Å². The highest BCUT2D eigenvalue weighted by molar-refractivity contribution is 5.69. The molecule has 1 atom stereocenters. The summed E-state index contributed by atoms with van der Waals surface area (Å²) in [5.41, 5.74) is 0. The van der Waals surface area contributed by atoms with E-state index in [1.165, 1.54) is 70.6 Å². The molecule has 0 radical (unpaired) electrons. The van der Waals surface area contributed by atoms with Crippen molar-refractivity contribution in [2.75, 3.05) is 27.2 Å². The SMILES string of the molecule is CCCCCCCCCCCCCCC(C[N+](C)(C)CCCC(=O)[O-])OC(=O)CC. The predicted octanol–water partition coefficient (Wildman–Crippen LogP) is 5.01. The molecule has 0 aliphatic rings. The monoisotopic (exact) mass is 427 g/mol. The number of carbonyl (C=O) groups excluding carboxylic acids is 2. The van der Waals surface area contributed by atoms with E-state index in [4.69, 9.17) is 4.74 Å². The fraction of sp³-hybridized carbons (Fsp3) is 0.920. The molecule has 1 unspecified atom stereocenters. The van der Waals surface area contributed by atoms with Crippen molar-refractivity contribution < 1.29 is 23.9 Å². The maximum Gasteiger partial charge on any atom is 0.305 e. The van der Waals surface area contributed by atoms with Crippen molar-refractivity contribution in [3.63, 3.8) is 0 Å². The number of rotatable bonds is 21. The Hall–Kier alpha value is -1.10. The van der Waals surface area contributed by atoms with Crippen molar-refractivity contribution in [2.45, 2.75) is 123 Å². The summed E-state index contributed by atoms with van der Waals surface area (Å²) in [6.45, 7) is 5.56. The van der Waals surface area contributed by atoms with Crippen LogP contribution in [0.25, 0.3) is 0 Å². The Labute approximate surface area is 186 Å². The maximum absolute atomic E-state index is 11.8. The molecule has 5 nitrogen and oxygen atoms in total. The second-order valence-electron chi connectivity index (χ2n) is 9.46. The van der Waals surface area contributed by atoms with Gasteiger partial charge in [0.25, 0.3) is 0 Å². The predicted molar refractivity (Wildman–Crippen MR) is 122 cm³/mol. The molecule has 5 heteroatoms. The first-order valence-electron chi connectivity index (χ1n) is 12.5. The van der Waals surface area contributed by atoms with Crippen molar-refractivity contribution in [2.24, 2.45) is 0 Å². The summed E-state index contributed by atoms with van der Waals surface area (Å²) >= 11 is 0. The number of aliphatic carboxylic acids is 1. The molecule has 0 aliphatic heterocycles. The van der Waals surface area contributed by atoms with Crippen molar-refractivity contribution in [3.05, 3.63) is 0 Å². The van der Waals surface area contributed by atoms with Crippen LogP contribution in [0.1, 0.15) is 117 Å². The maximum atomic E-state index is 11.8. The lowest BCUT2D eigenvalue weighted by Crippen LogP contribution is -2.47. The van der Waals surface area contributed by atoms with E-state index >= 15 is 0 Å². The third kappa shape index (κ3) is 18.9. The molecule has 0 rings (SSSR count). The Morgan fingerprint density at radius 2 is 1.30 bits per heavy atom. The second-order valence-corrected chi connectivity index (χ2v) is 9.46. The quantitative estimate of drug-likeness (QED) is 0.147. The van der Waals surface area contributed by atoms with Gasteiger partial charge in [-0.2, -0.15) is 0 Å². The summed E-state index contributed by atoms with van der Waals surface area (Å²) in [7, 11) is 4.15. The molecule has 0 aromatic carbocycles.